The van der Waals surface area contributed by atoms with Gasteiger partial charge in [0.15, 0.2) is 0 Å². The molecular formula is C14H17N3. The molecule has 0 bridgehead atoms. The summed E-state index contributed by atoms with van der Waals surface area (Å²) in [5, 5.41) is 3.48. The molecule has 88 valence electrons. The summed E-state index contributed by atoms with van der Waals surface area (Å²) in [6.45, 7) is 5.10. The van der Waals surface area contributed by atoms with Crippen LogP contribution in [0.25, 0.3) is 0 Å². The molecule has 1 heterocycles. The second-order valence-corrected chi connectivity index (χ2v) is 4.21. The van der Waals surface area contributed by atoms with Crippen molar-refractivity contribution >= 4 is 0 Å². The van der Waals surface area contributed by atoms with E-state index in [1.165, 1.54) is 11.1 Å². The zero-order valence-electron chi connectivity index (χ0n) is 10.2. The molecule has 1 aromatic carbocycles. The Morgan fingerprint density at radius 1 is 1.18 bits per heavy atom. The van der Waals surface area contributed by atoms with Gasteiger partial charge >= 0.3 is 0 Å². The highest BCUT2D eigenvalue weighted by molar-refractivity contribution is 5.28. The van der Waals surface area contributed by atoms with Crippen LogP contribution in [0.4, 0.5) is 0 Å². The summed E-state index contributed by atoms with van der Waals surface area (Å²) < 4.78 is 0. The van der Waals surface area contributed by atoms with Crippen LogP contribution in [0, 0.1) is 6.92 Å². The molecule has 1 atom stereocenters. The van der Waals surface area contributed by atoms with Crippen LogP contribution >= 0.6 is 0 Å². The summed E-state index contributed by atoms with van der Waals surface area (Å²) >= 11 is 0. The molecule has 0 unspecified atom stereocenters. The minimum atomic E-state index is 0.330. The third-order valence-electron chi connectivity index (χ3n) is 2.88. The summed E-state index contributed by atoms with van der Waals surface area (Å²) in [5.74, 6) is 0. The van der Waals surface area contributed by atoms with E-state index in [1.807, 2.05) is 12.4 Å². The monoisotopic (exact) mass is 227 g/mol. The van der Waals surface area contributed by atoms with E-state index >= 15 is 0 Å². The van der Waals surface area contributed by atoms with Gasteiger partial charge in [0.2, 0.25) is 0 Å². The molecule has 0 amide bonds. The Hall–Kier alpha value is -1.74. The fraction of sp³-hybridized carbons (Fsp3) is 0.286. The van der Waals surface area contributed by atoms with Crippen LogP contribution in [0.1, 0.15) is 29.7 Å². The Kier molecular flexibility index (Phi) is 3.83. The van der Waals surface area contributed by atoms with Crippen LogP contribution in [0.2, 0.25) is 0 Å². The first-order valence-electron chi connectivity index (χ1n) is 5.80. The number of rotatable bonds is 4. The average molecular weight is 227 g/mol. The van der Waals surface area contributed by atoms with Crippen LogP contribution in [0.5, 0.6) is 0 Å². The molecule has 0 radical (unpaired) electrons. The maximum atomic E-state index is 4.00. The van der Waals surface area contributed by atoms with E-state index in [0.717, 1.165) is 12.1 Å². The van der Waals surface area contributed by atoms with Gasteiger partial charge in [-0.3, -0.25) is 0 Å². The predicted octanol–water partition coefficient (Wildman–Crippen LogP) is 2.64. The fourth-order valence-electron chi connectivity index (χ4n) is 1.87. The Morgan fingerprint density at radius 2 is 1.88 bits per heavy atom. The lowest BCUT2D eigenvalue weighted by Crippen LogP contribution is -2.19. The first-order valence-corrected chi connectivity index (χ1v) is 5.80. The molecule has 3 heteroatoms. The van der Waals surface area contributed by atoms with Crippen molar-refractivity contribution in [2.24, 2.45) is 0 Å². The number of aromatic nitrogens is 2. The highest BCUT2D eigenvalue weighted by Gasteiger charge is 2.06. The van der Waals surface area contributed by atoms with Crippen molar-refractivity contribution in [3.8, 4) is 0 Å². The SMILES string of the molecule is Cc1ccccc1[C@H](C)NCc1cncnc1. The molecule has 0 saturated heterocycles. The first kappa shape index (κ1) is 11.7. The van der Waals surface area contributed by atoms with Crippen molar-refractivity contribution in [3.05, 3.63) is 59.7 Å². The molecule has 2 rings (SSSR count). The Morgan fingerprint density at radius 3 is 2.59 bits per heavy atom. The predicted molar refractivity (Wildman–Crippen MR) is 68.5 cm³/mol. The normalized spacial score (nSPS) is 12.4. The number of hydrogen-bond acceptors (Lipinski definition) is 3. The van der Waals surface area contributed by atoms with E-state index in [-0.39, 0.29) is 0 Å². The molecular weight excluding hydrogens is 210 g/mol. The number of nitrogens with zero attached hydrogens (tertiary/aromatic N) is 2. The van der Waals surface area contributed by atoms with E-state index < -0.39 is 0 Å². The highest BCUT2D eigenvalue weighted by Crippen LogP contribution is 2.16. The quantitative estimate of drug-likeness (QED) is 0.872. The van der Waals surface area contributed by atoms with Crippen LogP contribution in [-0.2, 0) is 6.54 Å². The second-order valence-electron chi connectivity index (χ2n) is 4.21. The van der Waals surface area contributed by atoms with Crippen LogP contribution < -0.4 is 5.32 Å². The molecule has 0 saturated carbocycles. The average Bonchev–Trinajstić information content (AvgIpc) is 2.38. The van der Waals surface area contributed by atoms with E-state index in [4.69, 9.17) is 0 Å². The first-order chi connectivity index (χ1) is 8.27. The van der Waals surface area contributed by atoms with Crippen molar-refractivity contribution in [2.45, 2.75) is 26.4 Å². The van der Waals surface area contributed by atoms with Gasteiger partial charge in [-0.2, -0.15) is 0 Å². The molecule has 3 nitrogen and oxygen atoms in total. The Balaban J connectivity index is 1.99. The van der Waals surface area contributed by atoms with E-state index in [0.29, 0.717) is 6.04 Å². The van der Waals surface area contributed by atoms with Crippen LogP contribution in [-0.4, -0.2) is 9.97 Å². The maximum Gasteiger partial charge on any atom is 0.115 e. The maximum absolute atomic E-state index is 4.00. The minimum absolute atomic E-state index is 0.330. The number of hydrogen-bond donors (Lipinski definition) is 1. The second kappa shape index (κ2) is 5.55. The molecule has 0 spiro atoms. The Bertz CT molecular complexity index is 468. The summed E-state index contributed by atoms with van der Waals surface area (Å²) in [7, 11) is 0. The number of nitrogens with one attached hydrogen (secondary N) is 1. The van der Waals surface area contributed by atoms with Gasteiger partial charge in [-0.1, -0.05) is 24.3 Å². The Labute approximate surface area is 102 Å². The number of aryl methyl sites for hydroxylation is 1. The van der Waals surface area contributed by atoms with E-state index in [1.54, 1.807) is 6.33 Å². The molecule has 1 aromatic heterocycles. The summed E-state index contributed by atoms with van der Waals surface area (Å²) in [4.78, 5) is 8.00. The lowest BCUT2D eigenvalue weighted by Gasteiger charge is -2.16. The standard InChI is InChI=1S/C14H17N3/c1-11-5-3-4-6-14(11)12(2)17-9-13-7-15-10-16-8-13/h3-8,10,12,17H,9H2,1-2H3/t12-/m0/s1. The van der Waals surface area contributed by atoms with Gasteiger partial charge in [0, 0.05) is 30.5 Å². The third-order valence-corrected chi connectivity index (χ3v) is 2.88. The smallest absolute Gasteiger partial charge is 0.115 e. The van der Waals surface area contributed by atoms with Crippen molar-refractivity contribution < 1.29 is 0 Å². The lowest BCUT2D eigenvalue weighted by atomic mass is 10.0. The molecule has 17 heavy (non-hydrogen) atoms. The minimum Gasteiger partial charge on any atom is -0.306 e. The van der Waals surface area contributed by atoms with Crippen molar-refractivity contribution in [3.63, 3.8) is 0 Å². The molecule has 0 aliphatic carbocycles. The molecule has 0 aliphatic rings. The van der Waals surface area contributed by atoms with Gasteiger partial charge < -0.3 is 5.32 Å². The van der Waals surface area contributed by atoms with Crippen molar-refractivity contribution in [1.82, 2.24) is 15.3 Å². The molecule has 0 fully saturated rings. The van der Waals surface area contributed by atoms with Gasteiger partial charge in [0.05, 0.1) is 0 Å². The zero-order chi connectivity index (χ0) is 12.1. The van der Waals surface area contributed by atoms with Gasteiger partial charge in [-0.25, -0.2) is 9.97 Å². The summed E-state index contributed by atoms with van der Waals surface area (Å²) in [6, 6.07) is 8.77. The van der Waals surface area contributed by atoms with Gasteiger partial charge in [-0.15, -0.1) is 0 Å². The zero-order valence-corrected chi connectivity index (χ0v) is 10.2. The molecule has 0 aliphatic heterocycles. The fourth-order valence-corrected chi connectivity index (χ4v) is 1.87. The molecule has 2 aromatic rings. The lowest BCUT2D eigenvalue weighted by molar-refractivity contribution is 0.570. The van der Waals surface area contributed by atoms with Crippen LogP contribution in [0.15, 0.2) is 43.0 Å². The topological polar surface area (TPSA) is 37.8 Å². The van der Waals surface area contributed by atoms with Gasteiger partial charge in [0.25, 0.3) is 0 Å². The largest absolute Gasteiger partial charge is 0.306 e. The van der Waals surface area contributed by atoms with Crippen molar-refractivity contribution in [1.29, 1.82) is 0 Å². The highest BCUT2D eigenvalue weighted by atomic mass is 14.9. The van der Waals surface area contributed by atoms with Gasteiger partial charge in [-0.05, 0) is 25.0 Å². The van der Waals surface area contributed by atoms with E-state index in [2.05, 4.69) is 53.4 Å². The number of benzene rings is 1. The third kappa shape index (κ3) is 3.11. The summed E-state index contributed by atoms with van der Waals surface area (Å²) in [5.41, 5.74) is 3.76. The van der Waals surface area contributed by atoms with E-state index in [9.17, 15) is 0 Å². The summed E-state index contributed by atoms with van der Waals surface area (Å²) in [6.07, 6.45) is 5.23. The van der Waals surface area contributed by atoms with Crippen molar-refractivity contribution in [2.75, 3.05) is 0 Å². The van der Waals surface area contributed by atoms with Crippen LogP contribution in [0.3, 0.4) is 0 Å². The van der Waals surface area contributed by atoms with Gasteiger partial charge in [0.1, 0.15) is 6.33 Å². The molecule has 1 N–H and O–H groups in total.